The summed E-state index contributed by atoms with van der Waals surface area (Å²) in [7, 11) is 0. The molecule has 0 atom stereocenters. The molecule has 7 nitrogen and oxygen atoms in total. The first-order valence-electron chi connectivity index (χ1n) is 7.08. The minimum absolute atomic E-state index is 0.204. The van der Waals surface area contributed by atoms with E-state index in [-0.39, 0.29) is 17.2 Å². The molecule has 0 fully saturated rings. The largest absolute Gasteiger partial charge is 0.452 e. The maximum atomic E-state index is 12.3. The van der Waals surface area contributed by atoms with Crippen LogP contribution < -0.4 is 15.4 Å². The number of rotatable bonds is 7. The SMILES string of the molecule is CC(C)CNC(=O)NC(=O)COC(=O)c1ccccc1OC(F)F. The molecule has 132 valence electrons. The van der Waals surface area contributed by atoms with Gasteiger partial charge in [0.1, 0.15) is 11.3 Å². The fourth-order valence-corrected chi connectivity index (χ4v) is 1.55. The molecule has 0 aliphatic heterocycles. The van der Waals surface area contributed by atoms with Gasteiger partial charge in [0.15, 0.2) is 6.61 Å². The van der Waals surface area contributed by atoms with Crippen molar-refractivity contribution in [2.45, 2.75) is 20.5 Å². The Bertz CT molecular complexity index is 593. The van der Waals surface area contributed by atoms with E-state index >= 15 is 0 Å². The van der Waals surface area contributed by atoms with Crippen molar-refractivity contribution in [2.75, 3.05) is 13.2 Å². The minimum Gasteiger partial charge on any atom is -0.452 e. The average molecular weight is 344 g/mol. The van der Waals surface area contributed by atoms with E-state index in [1.54, 1.807) is 0 Å². The van der Waals surface area contributed by atoms with Crippen LogP contribution >= 0.6 is 0 Å². The highest BCUT2D eigenvalue weighted by Gasteiger charge is 2.18. The van der Waals surface area contributed by atoms with Crippen molar-refractivity contribution in [3.8, 4) is 5.75 Å². The van der Waals surface area contributed by atoms with Crippen LogP contribution in [0.3, 0.4) is 0 Å². The van der Waals surface area contributed by atoms with Gasteiger partial charge in [0.2, 0.25) is 0 Å². The van der Waals surface area contributed by atoms with Gasteiger partial charge in [-0.25, -0.2) is 9.59 Å². The van der Waals surface area contributed by atoms with Crippen molar-refractivity contribution in [3.63, 3.8) is 0 Å². The van der Waals surface area contributed by atoms with E-state index in [1.165, 1.54) is 24.3 Å². The highest BCUT2D eigenvalue weighted by Crippen LogP contribution is 2.20. The van der Waals surface area contributed by atoms with Crippen molar-refractivity contribution in [1.29, 1.82) is 0 Å². The molecule has 1 aromatic carbocycles. The van der Waals surface area contributed by atoms with E-state index in [0.29, 0.717) is 6.54 Å². The normalized spacial score (nSPS) is 10.4. The first-order chi connectivity index (χ1) is 11.3. The minimum atomic E-state index is -3.10. The number of amides is 3. The molecule has 0 saturated carbocycles. The fraction of sp³-hybridized carbons (Fsp3) is 0.400. The second-order valence-electron chi connectivity index (χ2n) is 5.10. The molecule has 3 amide bonds. The van der Waals surface area contributed by atoms with Crippen molar-refractivity contribution in [1.82, 2.24) is 10.6 Å². The number of para-hydroxylation sites is 1. The van der Waals surface area contributed by atoms with Gasteiger partial charge in [0.25, 0.3) is 5.91 Å². The number of carbonyl (C=O) groups is 3. The van der Waals surface area contributed by atoms with Gasteiger partial charge in [-0.1, -0.05) is 26.0 Å². The van der Waals surface area contributed by atoms with E-state index in [1.807, 2.05) is 19.2 Å². The molecule has 0 unspecified atom stereocenters. The van der Waals surface area contributed by atoms with Crippen molar-refractivity contribution in [3.05, 3.63) is 29.8 Å². The molecular formula is C15H18F2N2O5. The summed E-state index contributed by atoms with van der Waals surface area (Å²) in [5, 5.41) is 4.42. The first kappa shape index (κ1) is 19.3. The average Bonchev–Trinajstić information content (AvgIpc) is 2.50. The number of hydrogen-bond acceptors (Lipinski definition) is 5. The Hall–Kier alpha value is -2.71. The number of imide groups is 1. The summed E-state index contributed by atoms with van der Waals surface area (Å²) >= 11 is 0. The predicted octanol–water partition coefficient (Wildman–Crippen LogP) is 1.93. The Labute approximate surface area is 137 Å². The lowest BCUT2D eigenvalue weighted by molar-refractivity contribution is -0.123. The third-order valence-corrected chi connectivity index (χ3v) is 2.58. The summed E-state index contributed by atoms with van der Waals surface area (Å²) in [4.78, 5) is 34.7. The topological polar surface area (TPSA) is 93.7 Å². The van der Waals surface area contributed by atoms with Gasteiger partial charge in [0.05, 0.1) is 0 Å². The number of carbonyl (C=O) groups excluding carboxylic acids is 3. The lowest BCUT2D eigenvalue weighted by Crippen LogP contribution is -2.42. The molecular weight excluding hydrogens is 326 g/mol. The number of esters is 1. The van der Waals surface area contributed by atoms with Crippen LogP contribution in [-0.4, -0.2) is 37.7 Å². The molecule has 0 aromatic heterocycles. The van der Waals surface area contributed by atoms with Gasteiger partial charge in [-0.2, -0.15) is 8.78 Å². The summed E-state index contributed by atoms with van der Waals surface area (Å²) in [6.07, 6.45) is 0. The van der Waals surface area contributed by atoms with Gasteiger partial charge >= 0.3 is 18.6 Å². The van der Waals surface area contributed by atoms with E-state index < -0.39 is 31.1 Å². The smallest absolute Gasteiger partial charge is 0.387 e. The quantitative estimate of drug-likeness (QED) is 0.737. The van der Waals surface area contributed by atoms with Gasteiger partial charge < -0.3 is 14.8 Å². The van der Waals surface area contributed by atoms with Crippen LogP contribution in [0.1, 0.15) is 24.2 Å². The molecule has 2 N–H and O–H groups in total. The number of ether oxygens (including phenoxy) is 2. The molecule has 0 aliphatic carbocycles. The highest BCUT2D eigenvalue weighted by atomic mass is 19.3. The molecule has 9 heteroatoms. The zero-order valence-corrected chi connectivity index (χ0v) is 13.2. The summed E-state index contributed by atoms with van der Waals surface area (Å²) in [5.41, 5.74) is -0.255. The standard InChI is InChI=1S/C15H18F2N2O5/c1-9(2)7-18-15(22)19-12(20)8-23-13(21)10-5-3-4-6-11(10)24-14(16)17/h3-6,9,14H,7-8H2,1-2H3,(H2,18,19,20,22). The molecule has 0 heterocycles. The Morgan fingerprint density at radius 3 is 2.46 bits per heavy atom. The van der Waals surface area contributed by atoms with E-state index in [2.05, 4.69) is 14.8 Å². The van der Waals surface area contributed by atoms with Crippen molar-refractivity contribution in [2.24, 2.45) is 5.92 Å². The Morgan fingerprint density at radius 1 is 1.17 bits per heavy atom. The number of halogens is 2. The van der Waals surface area contributed by atoms with E-state index in [9.17, 15) is 23.2 Å². The van der Waals surface area contributed by atoms with Crippen LogP contribution in [0, 0.1) is 5.92 Å². The van der Waals surface area contributed by atoms with Crippen LogP contribution in [-0.2, 0) is 9.53 Å². The predicted molar refractivity (Wildman–Crippen MR) is 79.7 cm³/mol. The van der Waals surface area contributed by atoms with Gasteiger partial charge in [0, 0.05) is 6.54 Å². The Kier molecular flexibility index (Phi) is 7.60. The number of nitrogens with one attached hydrogen (secondary N) is 2. The Morgan fingerprint density at radius 2 is 1.83 bits per heavy atom. The van der Waals surface area contributed by atoms with E-state index in [4.69, 9.17) is 0 Å². The number of hydrogen-bond donors (Lipinski definition) is 2. The number of alkyl halides is 2. The maximum absolute atomic E-state index is 12.3. The van der Waals surface area contributed by atoms with Gasteiger partial charge in [-0.15, -0.1) is 0 Å². The molecule has 0 spiro atoms. The summed E-state index contributed by atoms with van der Waals surface area (Å²) in [6, 6.07) is 4.50. The molecule has 1 aromatic rings. The summed E-state index contributed by atoms with van der Waals surface area (Å²) < 4.78 is 33.4. The second-order valence-corrected chi connectivity index (χ2v) is 5.10. The molecule has 0 radical (unpaired) electrons. The van der Waals surface area contributed by atoms with Crippen molar-refractivity contribution < 1.29 is 32.6 Å². The zero-order valence-electron chi connectivity index (χ0n) is 13.2. The second kappa shape index (κ2) is 9.43. The first-order valence-corrected chi connectivity index (χ1v) is 7.08. The third kappa shape index (κ3) is 7.03. The van der Waals surface area contributed by atoms with E-state index in [0.717, 1.165) is 0 Å². The molecule has 24 heavy (non-hydrogen) atoms. The highest BCUT2D eigenvalue weighted by molar-refractivity contribution is 5.97. The van der Waals surface area contributed by atoms with Crippen LogP contribution in [0.2, 0.25) is 0 Å². The molecule has 0 aliphatic rings. The van der Waals surface area contributed by atoms with Crippen molar-refractivity contribution >= 4 is 17.9 Å². The van der Waals surface area contributed by atoms with Crippen LogP contribution in [0.25, 0.3) is 0 Å². The third-order valence-electron chi connectivity index (χ3n) is 2.58. The zero-order chi connectivity index (χ0) is 18.1. The molecule has 1 rings (SSSR count). The molecule has 0 bridgehead atoms. The van der Waals surface area contributed by atoms with Crippen LogP contribution in [0.15, 0.2) is 24.3 Å². The summed E-state index contributed by atoms with van der Waals surface area (Å²) in [6.45, 7) is 0.284. The van der Waals surface area contributed by atoms with Crippen LogP contribution in [0.5, 0.6) is 5.75 Å². The fourth-order valence-electron chi connectivity index (χ4n) is 1.55. The Balaban J connectivity index is 2.51. The maximum Gasteiger partial charge on any atom is 0.387 e. The van der Waals surface area contributed by atoms with Gasteiger partial charge in [-0.3, -0.25) is 10.1 Å². The molecule has 0 saturated heterocycles. The monoisotopic (exact) mass is 344 g/mol. The van der Waals surface area contributed by atoms with Crippen LogP contribution in [0.4, 0.5) is 13.6 Å². The number of benzene rings is 1. The lowest BCUT2D eigenvalue weighted by atomic mass is 10.2. The van der Waals surface area contributed by atoms with Gasteiger partial charge in [-0.05, 0) is 18.1 Å². The lowest BCUT2D eigenvalue weighted by Gasteiger charge is -2.11. The number of urea groups is 1. The summed E-state index contributed by atoms with van der Waals surface area (Å²) in [5.74, 6) is -2.04.